The summed E-state index contributed by atoms with van der Waals surface area (Å²) in [6, 6.07) is 8.88. The third kappa shape index (κ3) is 3.95. The molecule has 0 saturated heterocycles. The summed E-state index contributed by atoms with van der Waals surface area (Å²) in [5, 5.41) is -0.0594. The van der Waals surface area contributed by atoms with E-state index in [1.54, 1.807) is 0 Å². The Bertz CT molecular complexity index is 480. The van der Waals surface area contributed by atoms with Crippen molar-refractivity contribution in [2.75, 3.05) is 19.0 Å². The van der Waals surface area contributed by atoms with Crippen LogP contribution in [-0.4, -0.2) is 24.4 Å². The van der Waals surface area contributed by atoms with Crippen LogP contribution in [0, 0.1) is 39.8 Å². The van der Waals surface area contributed by atoms with E-state index < -0.39 is 39.3 Å². The molecule has 0 bridgehead atoms. The number of hydrogen-bond acceptors (Lipinski definition) is 1. The van der Waals surface area contributed by atoms with Gasteiger partial charge in [0.15, 0.2) is 0 Å². The average molecular weight is 562 g/mol. The molecule has 0 atom stereocenters. The Balaban J connectivity index is 3.27. The second kappa shape index (κ2) is 6.42. The second-order valence-electron chi connectivity index (χ2n) is 8.13. The van der Waals surface area contributed by atoms with Crippen LogP contribution in [0.25, 0.3) is 0 Å². The molecule has 0 aromatic heterocycles. The maximum atomic E-state index is 7.37. The Morgan fingerprint density at radius 1 is 0.857 bits per heavy atom. The second-order valence-corrected chi connectivity index (χ2v) is 51.0. The van der Waals surface area contributed by atoms with Gasteiger partial charge >= 0.3 is 163 Å². The average Bonchev–Trinajstić information content (AvgIpc) is 2.26. The van der Waals surface area contributed by atoms with E-state index in [1.165, 1.54) is 6.29 Å². The molecule has 1 nitrogen and oxygen atoms in total. The Morgan fingerprint density at radius 3 is 1.52 bits per heavy atom. The van der Waals surface area contributed by atoms with E-state index in [0.29, 0.717) is 0 Å². The number of hydrogen-bond donors (Lipinski definition) is 0. The molecule has 0 N–H and O–H groups in total. The van der Waals surface area contributed by atoms with Gasteiger partial charge in [-0.05, 0) is 0 Å². The van der Waals surface area contributed by atoms with E-state index in [-0.39, 0.29) is 10.3 Å². The van der Waals surface area contributed by atoms with Gasteiger partial charge in [-0.1, -0.05) is 0 Å². The van der Waals surface area contributed by atoms with Gasteiger partial charge in [-0.3, -0.25) is 0 Å². The van der Waals surface area contributed by atoms with Crippen molar-refractivity contribution < 1.29 is 39.8 Å². The monoisotopic (exact) mass is 561 g/mol. The van der Waals surface area contributed by atoms with E-state index in [0.717, 1.165) is 0 Å². The minimum atomic E-state index is -2.77. The first-order valence-electron chi connectivity index (χ1n) is 7.39. The molecule has 0 aliphatic carbocycles. The fourth-order valence-corrected chi connectivity index (χ4v) is 37.3. The summed E-state index contributed by atoms with van der Waals surface area (Å²) in [6.07, 6.45) is 0. The van der Waals surface area contributed by atoms with Crippen molar-refractivity contribution in [2.24, 2.45) is 0 Å². The Labute approximate surface area is 161 Å². The summed E-state index contributed by atoms with van der Waals surface area (Å²) in [5.41, 5.74) is 1.23. The summed E-state index contributed by atoms with van der Waals surface area (Å²) in [5.74, 6) is 0. The maximum absolute atomic E-state index is 7.37. The van der Waals surface area contributed by atoms with E-state index in [4.69, 9.17) is 22.5 Å². The van der Waals surface area contributed by atoms with E-state index in [1.807, 2.05) is 0 Å². The standard InChI is InChI=1S/C8H18Cl2P.C8H10N.Ra/c1-7(2,3)11(9,10)8(4,5)6;1-9(2)8-6-4-3-5-7-8;/h1-6H3;4-7H,1-2H3;/q+1;;-1. The van der Waals surface area contributed by atoms with E-state index >= 15 is 0 Å². The van der Waals surface area contributed by atoms with Gasteiger partial charge in [-0.25, -0.2) is 0 Å². The SMILES string of the molecule is CN(C)c1cc[c]([Ra][P](Cl)(Cl)(C(C)(C)C)C(C)(C)C)cc1. The van der Waals surface area contributed by atoms with Crippen LogP contribution in [0.15, 0.2) is 24.3 Å². The zero-order chi connectivity index (χ0) is 16.7. The predicted molar refractivity (Wildman–Crippen MR) is 98.5 cm³/mol. The van der Waals surface area contributed by atoms with Crippen LogP contribution in [0.2, 0.25) is 0 Å². The van der Waals surface area contributed by atoms with Crippen LogP contribution >= 0.6 is 22.0 Å². The summed E-state index contributed by atoms with van der Waals surface area (Å²) < 4.78 is -1.32. The summed E-state index contributed by atoms with van der Waals surface area (Å²) in [6.45, 7) is 13.4. The van der Waals surface area contributed by atoms with Crippen molar-refractivity contribution in [2.45, 2.75) is 51.9 Å². The normalized spacial score (nSPS) is 15.0. The first-order chi connectivity index (χ1) is 9.19. The molecule has 0 fully saturated rings. The first-order valence-corrected chi connectivity index (χ1v) is 22.3. The number of anilines is 1. The first kappa shape index (κ1) is 20.5. The number of halogens is 2. The number of nitrogens with zero attached hydrogens (tertiary/aromatic N) is 1. The van der Waals surface area contributed by atoms with Crippen LogP contribution in [0.4, 0.5) is 5.69 Å². The zero-order valence-corrected chi connectivity index (χ0v) is 22.9. The third-order valence-electron chi connectivity index (χ3n) is 4.55. The van der Waals surface area contributed by atoms with Gasteiger partial charge in [0, 0.05) is 0 Å². The van der Waals surface area contributed by atoms with Gasteiger partial charge in [0.2, 0.25) is 0 Å². The fourth-order valence-electron chi connectivity index (χ4n) is 2.70. The Hall–Kier alpha value is 1.50. The molecule has 1 aromatic rings. The summed E-state index contributed by atoms with van der Waals surface area (Å²) in [4.78, 5) is 2.12. The van der Waals surface area contributed by atoms with Crippen LogP contribution in [-0.2, 0) is 0 Å². The molecule has 21 heavy (non-hydrogen) atoms. The Morgan fingerprint density at radius 2 is 1.24 bits per heavy atom. The summed E-state index contributed by atoms with van der Waals surface area (Å²) >= 11 is 12.9. The molecule has 5 heteroatoms. The van der Waals surface area contributed by atoms with Gasteiger partial charge in [0.1, 0.15) is 0 Å². The van der Waals surface area contributed by atoms with Crippen LogP contribution < -0.4 is 5.50 Å². The molecule has 0 heterocycles. The van der Waals surface area contributed by atoms with Crippen LogP contribution in [0.1, 0.15) is 41.5 Å². The summed E-state index contributed by atoms with van der Waals surface area (Å²) in [7, 11) is 4.13. The predicted octanol–water partition coefficient (Wildman–Crippen LogP) is 5.84. The molecular formula is C16H28Cl2NPRa. The van der Waals surface area contributed by atoms with Gasteiger partial charge < -0.3 is 0 Å². The molecule has 0 aliphatic rings. The van der Waals surface area contributed by atoms with Crippen molar-refractivity contribution in [3.8, 4) is 0 Å². The van der Waals surface area contributed by atoms with Crippen LogP contribution in [0.3, 0.4) is 0 Å². The van der Waals surface area contributed by atoms with Crippen molar-refractivity contribution in [1.29, 1.82) is 0 Å². The van der Waals surface area contributed by atoms with Crippen molar-refractivity contribution in [3.63, 3.8) is 0 Å². The quantitative estimate of drug-likeness (QED) is 0.419. The fraction of sp³-hybridized carbons (Fsp3) is 0.625. The van der Waals surface area contributed by atoms with Gasteiger partial charge in [-0.2, -0.15) is 0 Å². The van der Waals surface area contributed by atoms with Gasteiger partial charge in [0.05, 0.1) is 0 Å². The minimum absolute atomic E-state index is 0.0297. The molecular weight excluding hydrogens is 534 g/mol. The molecule has 0 saturated carbocycles. The van der Waals surface area contributed by atoms with Crippen molar-refractivity contribution in [1.82, 2.24) is 0 Å². The zero-order valence-electron chi connectivity index (χ0n) is 14.7. The Kier molecular flexibility index (Phi) is 6.28. The number of benzene rings is 1. The van der Waals surface area contributed by atoms with E-state index in [2.05, 4.69) is 84.8 Å². The molecule has 118 valence electrons. The molecule has 0 unspecified atom stereocenters. The van der Waals surface area contributed by atoms with Gasteiger partial charge in [0.25, 0.3) is 0 Å². The third-order valence-corrected chi connectivity index (χ3v) is 60.1. The topological polar surface area (TPSA) is 3.24 Å². The molecule has 0 aliphatic heterocycles. The molecule has 0 radical (unpaired) electrons. The molecule has 0 amide bonds. The van der Waals surface area contributed by atoms with Crippen molar-refractivity contribution >= 4 is 28.3 Å². The van der Waals surface area contributed by atoms with E-state index in [9.17, 15) is 0 Å². The van der Waals surface area contributed by atoms with Crippen molar-refractivity contribution in [3.05, 3.63) is 24.3 Å². The van der Waals surface area contributed by atoms with Crippen LogP contribution in [0.5, 0.6) is 0 Å². The number of rotatable bonds is 3. The van der Waals surface area contributed by atoms with Gasteiger partial charge in [-0.15, -0.1) is 0 Å². The molecule has 1 rings (SSSR count). The molecule has 0 spiro atoms. The molecule has 1 aromatic carbocycles.